The van der Waals surface area contributed by atoms with Crippen molar-refractivity contribution >= 4 is 0 Å². The Bertz CT molecular complexity index is 318. The summed E-state index contributed by atoms with van der Waals surface area (Å²) in [7, 11) is 0. The van der Waals surface area contributed by atoms with Crippen LogP contribution in [0.2, 0.25) is 0 Å². The van der Waals surface area contributed by atoms with E-state index in [1.54, 1.807) is 0 Å². The molecule has 0 atom stereocenters. The lowest BCUT2D eigenvalue weighted by Gasteiger charge is -2.27. The standard InChI is InChI=1S/C13H23N3O/c1-2-14-12-13-4-3-5-16(13)7-6-15-8-10-17-11-9-15/h3-5,14H,2,6-12H2,1H3. The summed E-state index contributed by atoms with van der Waals surface area (Å²) in [5, 5.41) is 3.37. The van der Waals surface area contributed by atoms with Gasteiger partial charge in [-0.2, -0.15) is 0 Å². The average molecular weight is 237 g/mol. The van der Waals surface area contributed by atoms with E-state index in [0.717, 1.165) is 52.5 Å². The molecule has 0 aliphatic carbocycles. The van der Waals surface area contributed by atoms with Gasteiger partial charge in [0.2, 0.25) is 0 Å². The predicted octanol–water partition coefficient (Wildman–Crippen LogP) is 0.930. The summed E-state index contributed by atoms with van der Waals surface area (Å²) in [6.45, 7) is 10.2. The number of hydrogen-bond acceptors (Lipinski definition) is 3. The first kappa shape index (κ1) is 12.6. The van der Waals surface area contributed by atoms with Crippen molar-refractivity contribution in [3.05, 3.63) is 24.0 Å². The van der Waals surface area contributed by atoms with Crippen molar-refractivity contribution in [2.45, 2.75) is 20.0 Å². The van der Waals surface area contributed by atoms with Crippen LogP contribution in [0.5, 0.6) is 0 Å². The van der Waals surface area contributed by atoms with E-state index in [1.807, 2.05) is 0 Å². The normalized spacial score (nSPS) is 17.5. The van der Waals surface area contributed by atoms with E-state index in [2.05, 4.69) is 40.0 Å². The number of ether oxygens (including phenoxy) is 1. The lowest BCUT2D eigenvalue weighted by molar-refractivity contribution is 0.0363. The molecule has 0 saturated carbocycles. The first-order chi connectivity index (χ1) is 8.40. The number of rotatable bonds is 6. The van der Waals surface area contributed by atoms with Crippen LogP contribution in [-0.4, -0.2) is 48.9 Å². The molecule has 0 aromatic carbocycles. The average Bonchev–Trinajstić information content (AvgIpc) is 2.82. The second-order valence-electron chi connectivity index (χ2n) is 4.43. The zero-order valence-corrected chi connectivity index (χ0v) is 10.7. The lowest BCUT2D eigenvalue weighted by Crippen LogP contribution is -2.38. The molecule has 1 aliphatic rings. The van der Waals surface area contributed by atoms with E-state index < -0.39 is 0 Å². The molecule has 0 amide bonds. The molecule has 1 saturated heterocycles. The minimum Gasteiger partial charge on any atom is -0.379 e. The van der Waals surface area contributed by atoms with Crippen molar-refractivity contribution in [1.82, 2.24) is 14.8 Å². The van der Waals surface area contributed by atoms with Crippen LogP contribution < -0.4 is 5.32 Å². The smallest absolute Gasteiger partial charge is 0.0594 e. The molecule has 96 valence electrons. The van der Waals surface area contributed by atoms with Crippen LogP contribution in [0.25, 0.3) is 0 Å². The third-order valence-electron chi connectivity index (χ3n) is 3.24. The second-order valence-corrected chi connectivity index (χ2v) is 4.43. The Labute approximate surface area is 104 Å². The topological polar surface area (TPSA) is 29.4 Å². The van der Waals surface area contributed by atoms with Gasteiger partial charge < -0.3 is 14.6 Å². The van der Waals surface area contributed by atoms with Crippen LogP contribution in [-0.2, 0) is 17.8 Å². The van der Waals surface area contributed by atoms with E-state index in [1.165, 1.54) is 5.69 Å². The summed E-state index contributed by atoms with van der Waals surface area (Å²) in [6, 6.07) is 4.33. The Morgan fingerprint density at radius 2 is 2.12 bits per heavy atom. The van der Waals surface area contributed by atoms with Crippen LogP contribution >= 0.6 is 0 Å². The van der Waals surface area contributed by atoms with Crippen molar-refractivity contribution < 1.29 is 4.74 Å². The first-order valence-electron chi connectivity index (χ1n) is 6.55. The first-order valence-corrected chi connectivity index (χ1v) is 6.55. The van der Waals surface area contributed by atoms with E-state index >= 15 is 0 Å². The molecule has 0 spiro atoms. The van der Waals surface area contributed by atoms with Gasteiger partial charge in [0, 0.05) is 44.6 Å². The van der Waals surface area contributed by atoms with Gasteiger partial charge in [0.05, 0.1) is 13.2 Å². The molecule has 1 fully saturated rings. The van der Waals surface area contributed by atoms with Crippen LogP contribution in [0.1, 0.15) is 12.6 Å². The van der Waals surface area contributed by atoms with Gasteiger partial charge >= 0.3 is 0 Å². The molecule has 4 heteroatoms. The summed E-state index contributed by atoms with van der Waals surface area (Å²) in [4.78, 5) is 2.47. The van der Waals surface area contributed by atoms with Crippen LogP contribution in [0, 0.1) is 0 Å². The molecule has 0 bridgehead atoms. The van der Waals surface area contributed by atoms with Crippen LogP contribution in [0.3, 0.4) is 0 Å². The van der Waals surface area contributed by atoms with Crippen molar-refractivity contribution in [3.8, 4) is 0 Å². The summed E-state index contributed by atoms with van der Waals surface area (Å²) in [6.07, 6.45) is 2.17. The minimum absolute atomic E-state index is 0.885. The highest BCUT2D eigenvalue weighted by Crippen LogP contribution is 2.04. The summed E-state index contributed by atoms with van der Waals surface area (Å²) in [5.41, 5.74) is 1.38. The van der Waals surface area contributed by atoms with Crippen LogP contribution in [0.15, 0.2) is 18.3 Å². The maximum atomic E-state index is 5.36. The SMILES string of the molecule is CCNCc1cccn1CCN1CCOCC1. The summed E-state index contributed by atoms with van der Waals surface area (Å²) >= 11 is 0. The zero-order valence-electron chi connectivity index (χ0n) is 10.7. The number of hydrogen-bond donors (Lipinski definition) is 1. The molecule has 4 nitrogen and oxygen atoms in total. The molecular formula is C13H23N3O. The second kappa shape index (κ2) is 6.79. The number of aromatic nitrogens is 1. The van der Waals surface area contributed by atoms with Crippen molar-refractivity contribution in [2.75, 3.05) is 39.4 Å². The largest absolute Gasteiger partial charge is 0.379 e. The fraction of sp³-hybridized carbons (Fsp3) is 0.692. The number of nitrogens with zero attached hydrogens (tertiary/aromatic N) is 2. The fourth-order valence-corrected chi connectivity index (χ4v) is 2.16. The predicted molar refractivity (Wildman–Crippen MR) is 69.1 cm³/mol. The van der Waals surface area contributed by atoms with E-state index in [4.69, 9.17) is 4.74 Å². The molecule has 2 rings (SSSR count). The third kappa shape index (κ3) is 3.84. The Hall–Kier alpha value is -0.840. The molecule has 1 aromatic rings. The fourth-order valence-electron chi connectivity index (χ4n) is 2.16. The molecule has 1 aromatic heterocycles. The van der Waals surface area contributed by atoms with Crippen molar-refractivity contribution in [2.24, 2.45) is 0 Å². The highest BCUT2D eigenvalue weighted by atomic mass is 16.5. The summed E-state index contributed by atoms with van der Waals surface area (Å²) in [5.74, 6) is 0. The van der Waals surface area contributed by atoms with Gasteiger partial charge in [-0.05, 0) is 18.7 Å². The van der Waals surface area contributed by atoms with Gasteiger partial charge in [0.25, 0.3) is 0 Å². The van der Waals surface area contributed by atoms with Gasteiger partial charge in [-0.1, -0.05) is 6.92 Å². The highest BCUT2D eigenvalue weighted by molar-refractivity contribution is 5.06. The quantitative estimate of drug-likeness (QED) is 0.798. The van der Waals surface area contributed by atoms with Crippen LogP contribution in [0.4, 0.5) is 0 Å². The van der Waals surface area contributed by atoms with E-state index in [0.29, 0.717) is 0 Å². The van der Waals surface area contributed by atoms with Gasteiger partial charge in [0.1, 0.15) is 0 Å². The Morgan fingerprint density at radius 3 is 2.88 bits per heavy atom. The Morgan fingerprint density at radius 1 is 1.29 bits per heavy atom. The highest BCUT2D eigenvalue weighted by Gasteiger charge is 2.10. The molecular weight excluding hydrogens is 214 g/mol. The molecule has 1 aliphatic heterocycles. The monoisotopic (exact) mass is 237 g/mol. The van der Waals surface area contributed by atoms with Crippen molar-refractivity contribution in [3.63, 3.8) is 0 Å². The zero-order chi connectivity index (χ0) is 11.9. The summed E-state index contributed by atoms with van der Waals surface area (Å²) < 4.78 is 7.70. The molecule has 2 heterocycles. The maximum Gasteiger partial charge on any atom is 0.0594 e. The molecule has 0 radical (unpaired) electrons. The maximum absolute atomic E-state index is 5.36. The van der Waals surface area contributed by atoms with Gasteiger partial charge in [-0.25, -0.2) is 0 Å². The minimum atomic E-state index is 0.885. The van der Waals surface area contributed by atoms with Gasteiger partial charge in [-0.15, -0.1) is 0 Å². The Kier molecular flexibility index (Phi) is 5.04. The number of nitrogens with one attached hydrogen (secondary N) is 1. The van der Waals surface area contributed by atoms with Gasteiger partial charge in [0.15, 0.2) is 0 Å². The van der Waals surface area contributed by atoms with Crippen molar-refractivity contribution in [1.29, 1.82) is 0 Å². The molecule has 0 unspecified atom stereocenters. The molecule has 1 N–H and O–H groups in total. The number of morpholine rings is 1. The Balaban J connectivity index is 1.79. The third-order valence-corrected chi connectivity index (χ3v) is 3.24. The van der Waals surface area contributed by atoms with Gasteiger partial charge in [-0.3, -0.25) is 4.90 Å². The lowest BCUT2D eigenvalue weighted by atomic mass is 10.4. The van der Waals surface area contributed by atoms with E-state index in [9.17, 15) is 0 Å². The molecule has 17 heavy (non-hydrogen) atoms. The van der Waals surface area contributed by atoms with E-state index in [-0.39, 0.29) is 0 Å².